The van der Waals surface area contributed by atoms with Gasteiger partial charge in [0, 0.05) is 23.7 Å². The summed E-state index contributed by atoms with van der Waals surface area (Å²) in [5.74, 6) is -0.876. The van der Waals surface area contributed by atoms with Crippen LogP contribution >= 0.6 is 22.9 Å². The molecule has 0 bridgehead atoms. The van der Waals surface area contributed by atoms with Gasteiger partial charge in [0.05, 0.1) is 10.7 Å². The van der Waals surface area contributed by atoms with Crippen molar-refractivity contribution in [3.8, 4) is 0 Å². The van der Waals surface area contributed by atoms with Crippen LogP contribution in [-0.4, -0.2) is 56.1 Å². The normalized spacial score (nSPS) is 18.4. The fourth-order valence-electron chi connectivity index (χ4n) is 3.01. The molecule has 0 radical (unpaired) electrons. The molecule has 3 rings (SSSR count). The summed E-state index contributed by atoms with van der Waals surface area (Å²) in [6.07, 6.45) is 7.28. The number of thiazole rings is 1. The number of likely N-dealkylation sites (N-methyl/N-ethyl adjacent to an activating group) is 1. The lowest BCUT2D eigenvalue weighted by atomic mass is 9.95. The minimum atomic E-state index is -4.12. The molecule has 1 aliphatic rings. The summed E-state index contributed by atoms with van der Waals surface area (Å²) in [4.78, 5) is 13.8. The summed E-state index contributed by atoms with van der Waals surface area (Å²) >= 11 is 7.37. The van der Waals surface area contributed by atoms with Crippen molar-refractivity contribution in [2.45, 2.75) is 29.8 Å². The molecule has 1 heterocycles. The number of benzene rings is 1. The molecule has 0 saturated carbocycles. The minimum Gasteiger partial charge on any atom is -0.483 e. The van der Waals surface area contributed by atoms with Crippen LogP contribution in [0.4, 0.5) is 15.2 Å². The van der Waals surface area contributed by atoms with Crippen LogP contribution in [0.1, 0.15) is 12.8 Å². The molecule has 1 aromatic heterocycles. The maximum atomic E-state index is 14.6. The summed E-state index contributed by atoms with van der Waals surface area (Å²) in [5, 5.41) is 12.1. The van der Waals surface area contributed by atoms with Gasteiger partial charge in [0.15, 0.2) is 5.13 Å². The Balaban J connectivity index is 0.00000101. The van der Waals surface area contributed by atoms with Gasteiger partial charge in [-0.05, 0) is 39.1 Å². The van der Waals surface area contributed by atoms with Crippen molar-refractivity contribution in [1.82, 2.24) is 9.88 Å². The standard InChI is InChI=1S/C17H20ClFN4O2S2.CH2O2/c1-23(2)15-6-4-3-5-13(15)21-14-10-12(19)16(9-11(14)18)27(24,25)22-17-20-7-8-26-17;2-1-3/h3-4,7-10,13,15,21H,5-6H2,1-2H3,(H,20,22);1H,(H,2,3)/t13-,15-;/m1./s1. The molecule has 3 N–H and O–H groups in total. The monoisotopic (exact) mass is 476 g/mol. The second-order valence-electron chi connectivity index (χ2n) is 6.54. The number of rotatable bonds is 6. The third kappa shape index (κ3) is 6.14. The van der Waals surface area contributed by atoms with Crippen LogP contribution < -0.4 is 10.0 Å². The first kappa shape index (κ1) is 24.1. The molecule has 0 unspecified atom stereocenters. The first-order valence-corrected chi connectivity index (χ1v) is 11.5. The number of anilines is 2. The van der Waals surface area contributed by atoms with E-state index in [0.29, 0.717) is 5.69 Å². The molecule has 2 aromatic rings. The Labute approximate surface area is 183 Å². The number of nitrogens with one attached hydrogen (secondary N) is 2. The van der Waals surface area contributed by atoms with E-state index >= 15 is 0 Å². The third-order valence-corrected chi connectivity index (χ3v) is 6.85. The fraction of sp³-hybridized carbons (Fsp3) is 0.333. The number of carboxylic acid groups (broad SMARTS) is 1. The van der Waals surface area contributed by atoms with E-state index in [9.17, 15) is 12.8 Å². The van der Waals surface area contributed by atoms with Crippen molar-refractivity contribution in [3.63, 3.8) is 0 Å². The molecule has 2 atom stereocenters. The molecular weight excluding hydrogens is 455 g/mol. The van der Waals surface area contributed by atoms with E-state index in [1.54, 1.807) is 5.38 Å². The molecule has 1 aliphatic carbocycles. The second kappa shape index (κ2) is 10.7. The van der Waals surface area contributed by atoms with Gasteiger partial charge >= 0.3 is 0 Å². The zero-order valence-electron chi connectivity index (χ0n) is 16.2. The van der Waals surface area contributed by atoms with Crippen molar-refractivity contribution < 1.29 is 22.7 Å². The topological polar surface area (TPSA) is 112 Å². The van der Waals surface area contributed by atoms with Crippen molar-refractivity contribution >= 4 is 50.3 Å². The smallest absolute Gasteiger partial charge is 0.290 e. The predicted octanol–water partition coefficient (Wildman–Crippen LogP) is 3.50. The third-order valence-electron chi connectivity index (χ3n) is 4.37. The van der Waals surface area contributed by atoms with Crippen molar-refractivity contribution in [1.29, 1.82) is 0 Å². The number of hydrogen-bond acceptors (Lipinski definition) is 7. The molecule has 30 heavy (non-hydrogen) atoms. The summed E-state index contributed by atoms with van der Waals surface area (Å²) in [5.41, 5.74) is 0.370. The van der Waals surface area contributed by atoms with Gasteiger partial charge in [0.1, 0.15) is 10.7 Å². The lowest BCUT2D eigenvalue weighted by molar-refractivity contribution is -0.122. The van der Waals surface area contributed by atoms with Crippen LogP contribution in [0.25, 0.3) is 0 Å². The fourth-order valence-corrected chi connectivity index (χ4v) is 5.17. The van der Waals surface area contributed by atoms with E-state index in [1.165, 1.54) is 6.20 Å². The maximum Gasteiger partial charge on any atom is 0.290 e. The number of carbonyl (C=O) groups is 1. The molecule has 1 aromatic carbocycles. The average molecular weight is 477 g/mol. The average Bonchev–Trinajstić information content (AvgIpc) is 3.17. The highest BCUT2D eigenvalue weighted by Gasteiger charge is 2.27. The van der Waals surface area contributed by atoms with E-state index in [0.717, 1.165) is 36.3 Å². The van der Waals surface area contributed by atoms with E-state index < -0.39 is 20.7 Å². The Bertz CT molecular complexity index is 984. The number of nitrogens with zero attached hydrogens (tertiary/aromatic N) is 2. The van der Waals surface area contributed by atoms with Crippen molar-refractivity contribution in [2.75, 3.05) is 24.1 Å². The van der Waals surface area contributed by atoms with Crippen LogP contribution in [0, 0.1) is 5.82 Å². The second-order valence-corrected chi connectivity index (χ2v) is 9.49. The van der Waals surface area contributed by atoms with E-state index in [1.807, 2.05) is 14.1 Å². The van der Waals surface area contributed by atoms with Crippen LogP contribution in [-0.2, 0) is 14.8 Å². The van der Waals surface area contributed by atoms with Gasteiger partial charge in [-0.1, -0.05) is 23.8 Å². The molecule has 0 saturated heterocycles. The Morgan fingerprint density at radius 1 is 1.33 bits per heavy atom. The highest BCUT2D eigenvalue weighted by Crippen LogP contribution is 2.31. The summed E-state index contributed by atoms with van der Waals surface area (Å²) < 4.78 is 41.7. The molecule has 164 valence electrons. The summed E-state index contributed by atoms with van der Waals surface area (Å²) in [6.45, 7) is -0.250. The van der Waals surface area contributed by atoms with Crippen LogP contribution in [0.15, 0.2) is 40.8 Å². The lowest BCUT2D eigenvalue weighted by Crippen LogP contribution is -2.44. The van der Waals surface area contributed by atoms with Crippen molar-refractivity contribution in [2.24, 2.45) is 0 Å². The Kier molecular flexibility index (Phi) is 8.59. The molecule has 0 fully saturated rings. The van der Waals surface area contributed by atoms with Crippen LogP contribution in [0.5, 0.6) is 0 Å². The molecule has 0 amide bonds. The van der Waals surface area contributed by atoms with Gasteiger partial charge < -0.3 is 15.3 Å². The van der Waals surface area contributed by atoms with Crippen LogP contribution in [0.3, 0.4) is 0 Å². The van der Waals surface area contributed by atoms with Gasteiger partial charge in [0.25, 0.3) is 16.5 Å². The zero-order valence-corrected chi connectivity index (χ0v) is 18.6. The number of sulfonamides is 1. The van der Waals surface area contributed by atoms with Gasteiger partial charge in [-0.25, -0.2) is 17.8 Å². The van der Waals surface area contributed by atoms with Gasteiger partial charge in [0.2, 0.25) is 0 Å². The predicted molar refractivity (Wildman–Crippen MR) is 116 cm³/mol. The van der Waals surface area contributed by atoms with Crippen LogP contribution in [0.2, 0.25) is 5.02 Å². The Hall–Kier alpha value is -2.21. The summed E-state index contributed by atoms with van der Waals surface area (Å²) in [7, 11) is -0.146. The quantitative estimate of drug-likeness (QED) is 0.432. The Morgan fingerprint density at radius 3 is 2.60 bits per heavy atom. The first-order valence-electron chi connectivity index (χ1n) is 8.76. The minimum absolute atomic E-state index is 0.0396. The maximum absolute atomic E-state index is 14.6. The van der Waals surface area contributed by atoms with Crippen molar-refractivity contribution in [3.05, 3.63) is 46.7 Å². The molecule has 0 spiro atoms. The number of aromatic nitrogens is 1. The number of halogens is 2. The molecular formula is C18H22ClFN4O4S2. The SMILES string of the molecule is CN(C)[C@@H]1CC=CC[C@H]1Nc1cc(F)c(S(=O)(=O)Nc2nccs2)cc1Cl.O=CO. The zero-order chi connectivity index (χ0) is 22.3. The lowest BCUT2D eigenvalue weighted by Gasteiger charge is -2.35. The first-order chi connectivity index (χ1) is 14.2. The van der Waals surface area contributed by atoms with Gasteiger partial charge in [-0.15, -0.1) is 11.3 Å². The summed E-state index contributed by atoms with van der Waals surface area (Å²) in [6, 6.07) is 2.52. The molecule has 8 nitrogen and oxygen atoms in total. The number of hydrogen-bond donors (Lipinski definition) is 3. The van der Waals surface area contributed by atoms with E-state index in [2.05, 4.69) is 32.1 Å². The molecule has 12 heteroatoms. The van der Waals surface area contributed by atoms with E-state index in [4.69, 9.17) is 21.5 Å². The molecule has 0 aliphatic heterocycles. The highest BCUT2D eigenvalue weighted by atomic mass is 35.5. The highest BCUT2D eigenvalue weighted by molar-refractivity contribution is 7.93. The van der Waals surface area contributed by atoms with E-state index in [-0.39, 0.29) is 28.7 Å². The van der Waals surface area contributed by atoms with Gasteiger partial charge in [-0.2, -0.15) is 0 Å². The largest absolute Gasteiger partial charge is 0.483 e. The van der Waals surface area contributed by atoms with Gasteiger partial charge in [-0.3, -0.25) is 9.52 Å². The Morgan fingerprint density at radius 2 is 2.00 bits per heavy atom.